The van der Waals surface area contributed by atoms with Gasteiger partial charge in [-0.3, -0.25) is 4.79 Å². The van der Waals surface area contributed by atoms with Crippen molar-refractivity contribution < 1.29 is 4.74 Å². The maximum atomic E-state index is 11.9. The predicted octanol–water partition coefficient (Wildman–Crippen LogP) is 2.81. The van der Waals surface area contributed by atoms with Crippen molar-refractivity contribution in [1.82, 2.24) is 10.2 Å². The first-order chi connectivity index (χ1) is 9.75. The highest BCUT2D eigenvalue weighted by atomic mass is 16.5. The molecule has 1 heterocycles. The van der Waals surface area contributed by atoms with Crippen LogP contribution < -0.4 is 10.3 Å². The number of nitrogens with one attached hydrogen (secondary N) is 1. The number of aromatic nitrogens is 2. The van der Waals surface area contributed by atoms with Gasteiger partial charge in [0.05, 0.1) is 5.39 Å². The predicted molar refractivity (Wildman–Crippen MR) is 77.9 cm³/mol. The van der Waals surface area contributed by atoms with E-state index in [4.69, 9.17) is 4.74 Å². The Hall–Kier alpha value is -2.62. The van der Waals surface area contributed by atoms with E-state index in [2.05, 4.69) is 10.2 Å². The highest BCUT2D eigenvalue weighted by molar-refractivity contribution is 5.86. The lowest BCUT2D eigenvalue weighted by atomic mass is 10.1. The van der Waals surface area contributed by atoms with Crippen LogP contribution in [0, 0.1) is 6.92 Å². The highest BCUT2D eigenvalue weighted by Crippen LogP contribution is 2.18. The molecule has 3 rings (SSSR count). The molecule has 0 saturated carbocycles. The molecule has 20 heavy (non-hydrogen) atoms. The molecule has 0 spiro atoms. The number of ether oxygens (including phenoxy) is 1. The van der Waals surface area contributed by atoms with Gasteiger partial charge in [0.2, 0.25) is 0 Å². The number of aromatic amines is 1. The minimum Gasteiger partial charge on any atom is -0.487 e. The van der Waals surface area contributed by atoms with E-state index in [1.807, 2.05) is 55.5 Å². The minimum atomic E-state index is -0.165. The number of hydrogen-bond donors (Lipinski definition) is 1. The normalized spacial score (nSPS) is 10.7. The molecule has 0 amide bonds. The standard InChI is InChI=1S/C16H14N2O2/c1-11-6-5-9-13-14(17-18-16(19)15(11)13)10-20-12-7-3-2-4-8-12/h2-9H,10H2,1H3,(H,18,19). The molecule has 1 N–H and O–H groups in total. The molecule has 0 aliphatic heterocycles. The second-order valence-corrected chi connectivity index (χ2v) is 4.60. The Morgan fingerprint density at radius 3 is 2.70 bits per heavy atom. The third kappa shape index (κ3) is 2.28. The highest BCUT2D eigenvalue weighted by Gasteiger charge is 2.08. The zero-order valence-corrected chi connectivity index (χ0v) is 11.1. The Labute approximate surface area is 116 Å². The fourth-order valence-corrected chi connectivity index (χ4v) is 2.22. The van der Waals surface area contributed by atoms with E-state index in [-0.39, 0.29) is 5.56 Å². The first kappa shape index (κ1) is 12.4. The van der Waals surface area contributed by atoms with E-state index in [9.17, 15) is 4.79 Å². The summed E-state index contributed by atoms with van der Waals surface area (Å²) in [5.41, 5.74) is 1.50. The third-order valence-corrected chi connectivity index (χ3v) is 3.22. The number of para-hydroxylation sites is 1. The van der Waals surface area contributed by atoms with Crippen LogP contribution in [0.1, 0.15) is 11.3 Å². The Balaban J connectivity index is 1.99. The van der Waals surface area contributed by atoms with E-state index in [0.717, 1.165) is 22.4 Å². The number of hydrogen-bond acceptors (Lipinski definition) is 3. The smallest absolute Gasteiger partial charge is 0.272 e. The summed E-state index contributed by atoms with van der Waals surface area (Å²) in [5, 5.41) is 8.15. The lowest BCUT2D eigenvalue weighted by Gasteiger charge is -2.08. The van der Waals surface area contributed by atoms with Crippen LogP contribution in [0.25, 0.3) is 10.8 Å². The number of benzene rings is 2. The molecule has 0 fully saturated rings. The maximum absolute atomic E-state index is 11.9. The summed E-state index contributed by atoms with van der Waals surface area (Å²) in [6.45, 7) is 2.24. The molecule has 0 aliphatic carbocycles. The summed E-state index contributed by atoms with van der Waals surface area (Å²) in [6, 6.07) is 15.3. The molecule has 0 radical (unpaired) electrons. The molecular weight excluding hydrogens is 252 g/mol. The monoisotopic (exact) mass is 266 g/mol. The van der Waals surface area contributed by atoms with Crippen LogP contribution in [0.2, 0.25) is 0 Å². The van der Waals surface area contributed by atoms with Crippen molar-refractivity contribution in [1.29, 1.82) is 0 Å². The van der Waals surface area contributed by atoms with Gasteiger partial charge in [0, 0.05) is 5.39 Å². The summed E-state index contributed by atoms with van der Waals surface area (Å²) >= 11 is 0. The average molecular weight is 266 g/mol. The molecule has 3 aromatic rings. The Kier molecular flexibility index (Phi) is 3.21. The van der Waals surface area contributed by atoms with E-state index >= 15 is 0 Å². The summed E-state index contributed by atoms with van der Waals surface area (Å²) in [7, 11) is 0. The van der Waals surface area contributed by atoms with Gasteiger partial charge in [-0.2, -0.15) is 5.10 Å². The van der Waals surface area contributed by atoms with Crippen LogP contribution in [0.5, 0.6) is 5.75 Å². The van der Waals surface area contributed by atoms with Crippen molar-refractivity contribution >= 4 is 10.8 Å². The third-order valence-electron chi connectivity index (χ3n) is 3.22. The first-order valence-electron chi connectivity index (χ1n) is 6.40. The van der Waals surface area contributed by atoms with Crippen molar-refractivity contribution in [3.8, 4) is 5.75 Å². The van der Waals surface area contributed by atoms with Crippen molar-refractivity contribution in [3.63, 3.8) is 0 Å². The second-order valence-electron chi connectivity index (χ2n) is 4.60. The van der Waals surface area contributed by atoms with Gasteiger partial charge >= 0.3 is 0 Å². The molecule has 0 bridgehead atoms. The second kappa shape index (κ2) is 5.17. The van der Waals surface area contributed by atoms with Crippen LogP contribution >= 0.6 is 0 Å². The summed E-state index contributed by atoms with van der Waals surface area (Å²) in [6.07, 6.45) is 0. The number of rotatable bonds is 3. The molecule has 100 valence electrons. The molecule has 4 nitrogen and oxygen atoms in total. The summed E-state index contributed by atoms with van der Waals surface area (Å²) in [4.78, 5) is 11.9. The van der Waals surface area contributed by atoms with Crippen LogP contribution in [0.4, 0.5) is 0 Å². The SMILES string of the molecule is Cc1cccc2c(COc3ccccc3)n[nH]c(=O)c12. The van der Waals surface area contributed by atoms with Gasteiger partial charge in [-0.25, -0.2) is 5.10 Å². The van der Waals surface area contributed by atoms with E-state index in [1.54, 1.807) is 0 Å². The molecular formula is C16H14N2O2. The Bertz CT molecular complexity index is 794. The number of fused-ring (bicyclic) bond motifs is 1. The quantitative estimate of drug-likeness (QED) is 0.793. The van der Waals surface area contributed by atoms with Gasteiger partial charge in [0.25, 0.3) is 5.56 Å². The van der Waals surface area contributed by atoms with Crippen LogP contribution in [0.15, 0.2) is 53.3 Å². The molecule has 0 atom stereocenters. The summed E-state index contributed by atoms with van der Waals surface area (Å²) in [5.74, 6) is 0.779. The molecule has 0 saturated heterocycles. The zero-order chi connectivity index (χ0) is 13.9. The molecule has 0 aliphatic rings. The van der Waals surface area contributed by atoms with E-state index in [1.165, 1.54) is 0 Å². The molecule has 4 heteroatoms. The summed E-state index contributed by atoms with van der Waals surface area (Å²) < 4.78 is 5.70. The molecule has 1 aromatic heterocycles. The number of H-pyrrole nitrogens is 1. The topological polar surface area (TPSA) is 55.0 Å². The van der Waals surface area contributed by atoms with Crippen LogP contribution in [-0.4, -0.2) is 10.2 Å². The Morgan fingerprint density at radius 2 is 1.90 bits per heavy atom. The zero-order valence-electron chi connectivity index (χ0n) is 11.1. The maximum Gasteiger partial charge on any atom is 0.272 e. The first-order valence-corrected chi connectivity index (χ1v) is 6.40. The van der Waals surface area contributed by atoms with Crippen molar-refractivity contribution in [3.05, 3.63) is 70.1 Å². The van der Waals surface area contributed by atoms with Gasteiger partial charge in [0.15, 0.2) is 0 Å². The minimum absolute atomic E-state index is 0.165. The van der Waals surface area contributed by atoms with Gasteiger partial charge in [-0.1, -0.05) is 36.4 Å². The lowest BCUT2D eigenvalue weighted by Crippen LogP contribution is -2.13. The van der Waals surface area contributed by atoms with Crippen molar-refractivity contribution in [2.24, 2.45) is 0 Å². The molecule has 0 unspecified atom stereocenters. The van der Waals surface area contributed by atoms with E-state index < -0.39 is 0 Å². The fraction of sp³-hybridized carbons (Fsp3) is 0.125. The molecule has 2 aromatic carbocycles. The van der Waals surface area contributed by atoms with Gasteiger partial charge in [-0.05, 0) is 24.6 Å². The van der Waals surface area contributed by atoms with Gasteiger partial charge in [-0.15, -0.1) is 0 Å². The van der Waals surface area contributed by atoms with Gasteiger partial charge < -0.3 is 4.74 Å². The van der Waals surface area contributed by atoms with Crippen LogP contribution in [-0.2, 0) is 6.61 Å². The van der Waals surface area contributed by atoms with E-state index in [0.29, 0.717) is 12.0 Å². The van der Waals surface area contributed by atoms with Crippen LogP contribution in [0.3, 0.4) is 0 Å². The average Bonchev–Trinajstić information content (AvgIpc) is 2.48. The van der Waals surface area contributed by atoms with Crippen molar-refractivity contribution in [2.75, 3.05) is 0 Å². The largest absolute Gasteiger partial charge is 0.487 e. The fourth-order valence-electron chi connectivity index (χ4n) is 2.22. The van der Waals surface area contributed by atoms with Crippen molar-refractivity contribution in [2.45, 2.75) is 13.5 Å². The van der Waals surface area contributed by atoms with Gasteiger partial charge in [0.1, 0.15) is 18.1 Å². The lowest BCUT2D eigenvalue weighted by molar-refractivity contribution is 0.301. The Morgan fingerprint density at radius 1 is 1.10 bits per heavy atom. The number of aryl methyl sites for hydroxylation is 1. The number of nitrogens with zero attached hydrogens (tertiary/aromatic N) is 1.